The first kappa shape index (κ1) is 25.8. The van der Waals surface area contributed by atoms with Crippen LogP contribution in [0.3, 0.4) is 0 Å². The summed E-state index contributed by atoms with van der Waals surface area (Å²) in [6, 6.07) is 1.60. The molecule has 2 aliphatic rings. The molecule has 1 aliphatic heterocycles. The molecule has 0 spiro atoms. The number of fused-ring (bicyclic) bond motifs is 1. The number of aromatic nitrogens is 4. The van der Waals surface area contributed by atoms with Crippen LogP contribution < -0.4 is 11.1 Å². The summed E-state index contributed by atoms with van der Waals surface area (Å²) in [6.07, 6.45) is 5.91. The molecule has 0 radical (unpaired) electrons. The number of ether oxygens (including phenoxy) is 1. The number of aryl methyl sites for hydroxylation is 1. The lowest BCUT2D eigenvalue weighted by Gasteiger charge is -2.22. The highest BCUT2D eigenvalue weighted by Gasteiger charge is 2.38. The van der Waals surface area contributed by atoms with Gasteiger partial charge in [-0.15, -0.1) is 0 Å². The summed E-state index contributed by atoms with van der Waals surface area (Å²) in [5.41, 5.74) is 9.03. The first-order valence-corrected chi connectivity index (χ1v) is 12.8. The van der Waals surface area contributed by atoms with Crippen molar-refractivity contribution in [2.45, 2.75) is 37.3 Å². The number of benzene rings is 1. The molecule has 2 aromatic heterocycles. The third-order valence-electron chi connectivity index (χ3n) is 7.27. The van der Waals surface area contributed by atoms with Crippen LogP contribution in [0.1, 0.15) is 58.4 Å². The molecule has 10 nitrogen and oxygen atoms in total. The number of anilines is 1. The van der Waals surface area contributed by atoms with E-state index in [2.05, 4.69) is 28.8 Å². The second kappa shape index (κ2) is 10.2. The van der Waals surface area contributed by atoms with Gasteiger partial charge in [0.15, 0.2) is 5.69 Å². The van der Waals surface area contributed by atoms with Crippen LogP contribution >= 0.6 is 11.6 Å². The fourth-order valence-electron chi connectivity index (χ4n) is 5.39. The summed E-state index contributed by atoms with van der Waals surface area (Å²) in [5, 5.41) is 13.6. The Hall–Kier alpha value is -3.81. The van der Waals surface area contributed by atoms with Gasteiger partial charge in [0.25, 0.3) is 5.91 Å². The highest BCUT2D eigenvalue weighted by molar-refractivity contribution is 6.33. The number of nitrogens with zero attached hydrogens (tertiary/aromatic N) is 5. The number of nitrogens with two attached hydrogens (primary N) is 1. The maximum Gasteiger partial charge on any atom is 0.255 e. The molecule has 198 valence electrons. The quantitative estimate of drug-likeness (QED) is 0.354. The Morgan fingerprint density at radius 1 is 1.37 bits per heavy atom. The van der Waals surface area contributed by atoms with Crippen LogP contribution in [0.5, 0.6) is 0 Å². The molecule has 1 aromatic carbocycles. The van der Waals surface area contributed by atoms with E-state index < -0.39 is 5.91 Å². The van der Waals surface area contributed by atoms with Crippen molar-refractivity contribution >= 4 is 40.1 Å². The van der Waals surface area contributed by atoms with Gasteiger partial charge < -0.3 is 20.7 Å². The van der Waals surface area contributed by atoms with E-state index >= 15 is 0 Å². The summed E-state index contributed by atoms with van der Waals surface area (Å²) < 4.78 is 8.87. The molecule has 2 atom stereocenters. The number of halogens is 1. The zero-order valence-electron chi connectivity index (χ0n) is 21.6. The van der Waals surface area contributed by atoms with Crippen molar-refractivity contribution in [2.75, 3.05) is 32.6 Å². The highest BCUT2D eigenvalue weighted by atomic mass is 35.5. The van der Waals surface area contributed by atoms with Gasteiger partial charge in [0.1, 0.15) is 11.4 Å². The molecule has 3 N–H and O–H groups in total. The highest BCUT2D eigenvalue weighted by Crippen LogP contribution is 2.45. The van der Waals surface area contributed by atoms with Crippen molar-refractivity contribution in [3.05, 3.63) is 52.3 Å². The number of primary amides is 1. The number of amides is 2. The van der Waals surface area contributed by atoms with Crippen molar-refractivity contribution < 1.29 is 14.3 Å². The minimum atomic E-state index is -0.655. The molecule has 0 unspecified atom stereocenters. The summed E-state index contributed by atoms with van der Waals surface area (Å²) in [4.78, 5) is 26.7. The molecule has 5 rings (SSSR count). The Kier molecular flexibility index (Phi) is 6.90. The van der Waals surface area contributed by atoms with E-state index in [0.29, 0.717) is 41.9 Å². The molecular formula is C27H30ClN7O3. The Bertz CT molecular complexity index is 1510. The maximum absolute atomic E-state index is 12.6. The van der Waals surface area contributed by atoms with Crippen LogP contribution in [0.25, 0.3) is 10.9 Å². The molecule has 1 saturated carbocycles. The van der Waals surface area contributed by atoms with Gasteiger partial charge in [0, 0.05) is 33.1 Å². The van der Waals surface area contributed by atoms with Gasteiger partial charge in [-0.2, -0.15) is 10.2 Å². The number of carbonyl (C=O) groups excluding carboxylic acids is 2. The fourth-order valence-corrected chi connectivity index (χ4v) is 5.66. The van der Waals surface area contributed by atoms with Crippen LogP contribution in [0.4, 0.5) is 5.82 Å². The van der Waals surface area contributed by atoms with Crippen molar-refractivity contribution in [2.24, 2.45) is 12.8 Å². The lowest BCUT2D eigenvalue weighted by molar-refractivity contribution is -0.127. The predicted molar refractivity (Wildman–Crippen MR) is 145 cm³/mol. The van der Waals surface area contributed by atoms with Gasteiger partial charge in [0.05, 0.1) is 41.0 Å². The second-order valence-electron chi connectivity index (χ2n) is 9.70. The second-order valence-corrected chi connectivity index (χ2v) is 10.1. The number of nitrogens with one attached hydrogen (secondary N) is 1. The maximum atomic E-state index is 12.6. The topological polar surface area (TPSA) is 120 Å². The molecule has 0 bridgehead atoms. The van der Waals surface area contributed by atoms with Gasteiger partial charge >= 0.3 is 0 Å². The number of hydrogen-bond acceptors (Lipinski definition) is 6. The van der Waals surface area contributed by atoms with Crippen LogP contribution in [0.15, 0.2) is 24.9 Å². The van der Waals surface area contributed by atoms with Gasteiger partial charge in [0.2, 0.25) is 5.91 Å². The predicted octanol–water partition coefficient (Wildman–Crippen LogP) is 2.82. The monoisotopic (exact) mass is 535 g/mol. The summed E-state index contributed by atoms with van der Waals surface area (Å²) in [5.74, 6) is 6.28. The molecule has 1 saturated heterocycles. The average Bonchev–Trinajstić information content (AvgIpc) is 3.38. The lowest BCUT2D eigenvalue weighted by Crippen LogP contribution is -2.37. The first-order chi connectivity index (χ1) is 18.3. The van der Waals surface area contributed by atoms with E-state index in [1.807, 2.05) is 17.8 Å². The number of carbonyl (C=O) groups is 2. The van der Waals surface area contributed by atoms with Crippen LogP contribution in [-0.2, 0) is 16.6 Å². The smallest absolute Gasteiger partial charge is 0.255 e. The molecule has 2 fully saturated rings. The van der Waals surface area contributed by atoms with Gasteiger partial charge in [-0.25, -0.2) is 4.68 Å². The minimum absolute atomic E-state index is 0.154. The summed E-state index contributed by atoms with van der Waals surface area (Å²) >= 11 is 6.70. The van der Waals surface area contributed by atoms with Crippen LogP contribution in [-0.4, -0.2) is 69.6 Å². The van der Waals surface area contributed by atoms with Crippen LogP contribution in [0, 0.1) is 11.8 Å². The zero-order valence-corrected chi connectivity index (χ0v) is 22.4. The lowest BCUT2D eigenvalue weighted by atomic mass is 10.0. The zero-order chi connectivity index (χ0) is 27.1. The van der Waals surface area contributed by atoms with Crippen molar-refractivity contribution in [3.63, 3.8) is 0 Å². The first-order valence-electron chi connectivity index (χ1n) is 12.5. The van der Waals surface area contributed by atoms with E-state index in [1.54, 1.807) is 29.9 Å². The summed E-state index contributed by atoms with van der Waals surface area (Å²) in [7, 11) is 5.19. The van der Waals surface area contributed by atoms with Crippen molar-refractivity contribution in [3.8, 4) is 11.8 Å². The number of rotatable bonds is 7. The standard InChI is InChI=1S/C27H30ClN7O3/c1-5-23(36)34-13-16(10-17(34)14-38-4)35-27(30-2)24(26(29)37)22(32-35)9-8-18-20-12-31-33(3)25(20)19(11-21(18)28)15-6-7-15/h5,11-12,15-17,30H,1,6-7,10,13-14H2,2-4H3,(H2,29,37)/t16-,17+/m0/s1. The number of likely N-dealkylation sites (tertiary alicyclic amines) is 1. The van der Waals surface area contributed by atoms with Crippen molar-refractivity contribution in [1.29, 1.82) is 0 Å². The number of methoxy groups -OCH3 is 1. The van der Waals surface area contributed by atoms with Gasteiger partial charge in [-0.1, -0.05) is 24.1 Å². The van der Waals surface area contributed by atoms with Gasteiger partial charge in [-0.3, -0.25) is 14.3 Å². The van der Waals surface area contributed by atoms with Crippen molar-refractivity contribution in [1.82, 2.24) is 24.5 Å². The van der Waals surface area contributed by atoms with E-state index in [-0.39, 0.29) is 29.2 Å². The number of hydrogen-bond donors (Lipinski definition) is 2. The Labute approximate surface area is 225 Å². The van der Waals surface area contributed by atoms with E-state index in [4.69, 9.17) is 27.2 Å². The Morgan fingerprint density at radius 2 is 2.13 bits per heavy atom. The third-order valence-corrected chi connectivity index (χ3v) is 7.57. The van der Waals surface area contributed by atoms with Gasteiger partial charge in [-0.05, 0) is 48.8 Å². The molecule has 38 heavy (non-hydrogen) atoms. The molecule has 2 amide bonds. The molecule has 3 heterocycles. The SMILES string of the molecule is C=CC(=O)N1C[C@@H](n2nc(C#Cc3c(Cl)cc(C4CC4)c4c3cnn4C)c(C(N)=O)c2NC)C[C@@H]1COC. The average molecular weight is 536 g/mol. The normalized spacial score (nSPS) is 18.9. The van der Waals surface area contributed by atoms with E-state index in [9.17, 15) is 9.59 Å². The largest absolute Gasteiger partial charge is 0.383 e. The minimum Gasteiger partial charge on any atom is -0.383 e. The molecule has 11 heteroatoms. The third kappa shape index (κ3) is 4.42. The molecule has 3 aromatic rings. The van der Waals surface area contributed by atoms with E-state index in [1.165, 1.54) is 11.6 Å². The Morgan fingerprint density at radius 3 is 2.76 bits per heavy atom. The van der Waals surface area contributed by atoms with E-state index in [0.717, 1.165) is 23.7 Å². The molecule has 1 aliphatic carbocycles. The summed E-state index contributed by atoms with van der Waals surface area (Å²) in [6.45, 7) is 4.36. The van der Waals surface area contributed by atoms with Crippen LogP contribution in [0.2, 0.25) is 5.02 Å². The fraction of sp³-hybridized carbons (Fsp3) is 0.407. The molecular weight excluding hydrogens is 506 g/mol. The Balaban J connectivity index is 1.58.